The van der Waals surface area contributed by atoms with Gasteiger partial charge in [-0.25, -0.2) is 8.78 Å². The average Bonchev–Trinajstić information content (AvgIpc) is 2.66. The normalized spacial score (nSPS) is 23.0. The molecule has 0 aliphatic heterocycles. The van der Waals surface area contributed by atoms with Crippen molar-refractivity contribution in [1.29, 1.82) is 0 Å². The molecular weight excluding hydrogens is 258 g/mol. The Labute approximate surface area is 119 Å². The highest BCUT2D eigenvalue weighted by atomic mass is 19.3. The first-order valence-electron chi connectivity index (χ1n) is 7.24. The van der Waals surface area contributed by atoms with Crippen molar-refractivity contribution >= 4 is 0 Å². The zero-order chi connectivity index (χ0) is 14.9. The molecule has 1 aromatic rings. The molecule has 0 saturated heterocycles. The van der Waals surface area contributed by atoms with Crippen LogP contribution >= 0.6 is 0 Å². The first kappa shape index (κ1) is 15.4. The van der Waals surface area contributed by atoms with Gasteiger partial charge in [-0.1, -0.05) is 17.7 Å². The quantitative estimate of drug-likeness (QED) is 0.648. The van der Waals surface area contributed by atoms with E-state index in [1.807, 2.05) is 0 Å². The summed E-state index contributed by atoms with van der Waals surface area (Å²) < 4.78 is 26.6. The molecule has 1 fully saturated rings. The summed E-state index contributed by atoms with van der Waals surface area (Å²) in [4.78, 5) is 0. The smallest absolute Gasteiger partial charge is 0.248 e. The third kappa shape index (κ3) is 3.36. The predicted molar refractivity (Wildman–Crippen MR) is 77.6 cm³/mol. The molecule has 2 unspecified atom stereocenters. The summed E-state index contributed by atoms with van der Waals surface area (Å²) in [7, 11) is 0. The Bertz CT molecular complexity index is 462. The van der Waals surface area contributed by atoms with Gasteiger partial charge in [-0.3, -0.25) is 11.3 Å². The van der Waals surface area contributed by atoms with Gasteiger partial charge in [-0.05, 0) is 56.2 Å². The molecule has 1 aliphatic rings. The number of nitrogens with two attached hydrogens (primary N) is 1. The summed E-state index contributed by atoms with van der Waals surface area (Å²) in [5.41, 5.74) is 7.56. The fourth-order valence-corrected chi connectivity index (χ4v) is 3.59. The van der Waals surface area contributed by atoms with E-state index in [0.29, 0.717) is 12.8 Å². The van der Waals surface area contributed by atoms with Crippen molar-refractivity contribution in [2.45, 2.75) is 58.4 Å². The molecule has 0 spiro atoms. The van der Waals surface area contributed by atoms with Crippen molar-refractivity contribution in [1.82, 2.24) is 5.43 Å². The number of nitrogens with one attached hydrogen (secondary N) is 1. The van der Waals surface area contributed by atoms with E-state index in [0.717, 1.165) is 5.56 Å². The summed E-state index contributed by atoms with van der Waals surface area (Å²) in [5, 5.41) is 0. The highest BCUT2D eigenvalue weighted by Gasteiger charge is 2.40. The average molecular weight is 282 g/mol. The molecule has 4 heteroatoms. The van der Waals surface area contributed by atoms with Crippen LogP contribution in [-0.4, -0.2) is 5.92 Å². The van der Waals surface area contributed by atoms with Crippen molar-refractivity contribution in [3.05, 3.63) is 34.4 Å². The molecule has 0 aromatic heterocycles. The molecule has 0 amide bonds. The van der Waals surface area contributed by atoms with E-state index in [1.165, 1.54) is 16.7 Å². The topological polar surface area (TPSA) is 38.0 Å². The maximum atomic E-state index is 13.3. The number of alkyl halides is 2. The zero-order valence-electron chi connectivity index (χ0n) is 12.5. The van der Waals surface area contributed by atoms with Crippen LogP contribution in [0.2, 0.25) is 0 Å². The number of hydrogen-bond donors (Lipinski definition) is 2. The number of hydrazine groups is 1. The van der Waals surface area contributed by atoms with Crippen LogP contribution in [0.3, 0.4) is 0 Å². The fourth-order valence-electron chi connectivity index (χ4n) is 3.59. The molecule has 1 aromatic carbocycles. The Morgan fingerprint density at radius 3 is 2.35 bits per heavy atom. The van der Waals surface area contributed by atoms with E-state index in [1.54, 1.807) is 0 Å². The van der Waals surface area contributed by atoms with Crippen LogP contribution in [0.1, 0.15) is 54.0 Å². The van der Waals surface area contributed by atoms with Crippen molar-refractivity contribution in [3.8, 4) is 0 Å². The maximum absolute atomic E-state index is 13.3. The Morgan fingerprint density at radius 1 is 1.30 bits per heavy atom. The molecule has 112 valence electrons. The second-order valence-electron chi connectivity index (χ2n) is 6.23. The largest absolute Gasteiger partial charge is 0.271 e. The van der Waals surface area contributed by atoms with Gasteiger partial charge in [0.2, 0.25) is 5.92 Å². The first-order valence-corrected chi connectivity index (χ1v) is 7.24. The van der Waals surface area contributed by atoms with Crippen LogP contribution in [-0.2, 0) is 0 Å². The Balaban J connectivity index is 2.17. The van der Waals surface area contributed by atoms with Gasteiger partial charge in [0.1, 0.15) is 0 Å². The Morgan fingerprint density at radius 2 is 1.90 bits per heavy atom. The molecule has 0 heterocycles. The lowest BCUT2D eigenvalue weighted by Gasteiger charge is -2.24. The predicted octanol–water partition coefficient (Wildman–Crippen LogP) is 3.94. The monoisotopic (exact) mass is 282 g/mol. The van der Waals surface area contributed by atoms with Crippen LogP contribution in [0.5, 0.6) is 0 Å². The van der Waals surface area contributed by atoms with Gasteiger partial charge >= 0.3 is 0 Å². The Kier molecular flexibility index (Phi) is 4.45. The standard InChI is InChI=1S/C16H24F2N2/c1-10-6-11(2)15(12(3)7-10)14(20-19)8-13-4-5-16(17,18)9-13/h6-7,13-14,20H,4-5,8-9,19H2,1-3H3. The molecule has 0 radical (unpaired) electrons. The molecular formula is C16H24F2N2. The lowest BCUT2D eigenvalue weighted by Crippen LogP contribution is -2.30. The molecule has 2 atom stereocenters. The SMILES string of the molecule is Cc1cc(C)c(C(CC2CCC(F)(F)C2)NN)c(C)c1. The number of aryl methyl sites for hydroxylation is 3. The third-order valence-corrected chi connectivity index (χ3v) is 4.36. The molecule has 1 aliphatic carbocycles. The summed E-state index contributed by atoms with van der Waals surface area (Å²) in [6, 6.07) is 4.20. The Hall–Kier alpha value is -1.00. The highest BCUT2D eigenvalue weighted by molar-refractivity contribution is 5.39. The van der Waals surface area contributed by atoms with Gasteiger partial charge in [0.15, 0.2) is 0 Å². The number of hydrogen-bond acceptors (Lipinski definition) is 2. The number of rotatable bonds is 4. The van der Waals surface area contributed by atoms with Gasteiger partial charge < -0.3 is 0 Å². The van der Waals surface area contributed by atoms with Crippen molar-refractivity contribution in [2.75, 3.05) is 0 Å². The lowest BCUT2D eigenvalue weighted by molar-refractivity contribution is 0.00430. The fraction of sp³-hybridized carbons (Fsp3) is 0.625. The summed E-state index contributed by atoms with van der Waals surface area (Å²) in [6.07, 6.45) is 1.28. The minimum Gasteiger partial charge on any atom is -0.271 e. The van der Waals surface area contributed by atoms with Gasteiger partial charge in [-0.15, -0.1) is 0 Å². The summed E-state index contributed by atoms with van der Waals surface area (Å²) in [5.74, 6) is 3.25. The van der Waals surface area contributed by atoms with E-state index < -0.39 is 5.92 Å². The lowest BCUT2D eigenvalue weighted by atomic mass is 9.88. The van der Waals surface area contributed by atoms with Crippen LogP contribution < -0.4 is 11.3 Å². The number of halogens is 2. The van der Waals surface area contributed by atoms with Crippen molar-refractivity contribution < 1.29 is 8.78 Å². The van der Waals surface area contributed by atoms with Crippen molar-refractivity contribution in [2.24, 2.45) is 11.8 Å². The summed E-state index contributed by atoms with van der Waals surface area (Å²) in [6.45, 7) is 6.18. The summed E-state index contributed by atoms with van der Waals surface area (Å²) >= 11 is 0. The molecule has 0 bridgehead atoms. The van der Waals surface area contributed by atoms with Crippen LogP contribution in [0.4, 0.5) is 8.78 Å². The van der Waals surface area contributed by atoms with E-state index in [-0.39, 0.29) is 24.8 Å². The van der Waals surface area contributed by atoms with Gasteiger partial charge in [0.05, 0.1) is 0 Å². The van der Waals surface area contributed by atoms with Gasteiger partial charge in [0, 0.05) is 18.9 Å². The minimum absolute atomic E-state index is 0.00482. The second kappa shape index (κ2) is 5.78. The minimum atomic E-state index is -2.48. The second-order valence-corrected chi connectivity index (χ2v) is 6.23. The first-order chi connectivity index (χ1) is 9.32. The third-order valence-electron chi connectivity index (χ3n) is 4.36. The van der Waals surface area contributed by atoms with Gasteiger partial charge in [0.25, 0.3) is 0 Å². The molecule has 2 nitrogen and oxygen atoms in total. The van der Waals surface area contributed by atoms with Crippen molar-refractivity contribution in [3.63, 3.8) is 0 Å². The van der Waals surface area contributed by atoms with E-state index >= 15 is 0 Å². The van der Waals surface area contributed by atoms with Crippen LogP contribution in [0.15, 0.2) is 12.1 Å². The molecule has 2 rings (SSSR count). The van der Waals surface area contributed by atoms with Crippen LogP contribution in [0, 0.1) is 26.7 Å². The van der Waals surface area contributed by atoms with E-state index in [9.17, 15) is 8.78 Å². The highest BCUT2D eigenvalue weighted by Crippen LogP contribution is 2.43. The van der Waals surface area contributed by atoms with Crippen LogP contribution in [0.25, 0.3) is 0 Å². The maximum Gasteiger partial charge on any atom is 0.248 e. The van der Waals surface area contributed by atoms with E-state index in [2.05, 4.69) is 38.3 Å². The molecule has 1 saturated carbocycles. The number of benzene rings is 1. The van der Waals surface area contributed by atoms with Gasteiger partial charge in [-0.2, -0.15) is 0 Å². The molecule has 20 heavy (non-hydrogen) atoms. The zero-order valence-corrected chi connectivity index (χ0v) is 12.5. The molecule has 3 N–H and O–H groups in total. The van der Waals surface area contributed by atoms with E-state index in [4.69, 9.17) is 5.84 Å².